The number of piperazine rings is 1. The van der Waals surface area contributed by atoms with Gasteiger partial charge in [0.15, 0.2) is 11.5 Å². The summed E-state index contributed by atoms with van der Waals surface area (Å²) in [5, 5.41) is 5.69. The summed E-state index contributed by atoms with van der Waals surface area (Å²) in [4.78, 5) is 26.4. The van der Waals surface area contributed by atoms with Gasteiger partial charge in [-0.1, -0.05) is 6.92 Å². The van der Waals surface area contributed by atoms with Crippen molar-refractivity contribution < 1.29 is 23.8 Å². The Balaban J connectivity index is 1.63. The van der Waals surface area contributed by atoms with Crippen LogP contribution in [0.15, 0.2) is 12.1 Å². The fourth-order valence-corrected chi connectivity index (χ4v) is 3.24. The van der Waals surface area contributed by atoms with E-state index in [4.69, 9.17) is 14.2 Å². The number of benzene rings is 1. The van der Waals surface area contributed by atoms with Crippen molar-refractivity contribution in [1.82, 2.24) is 15.5 Å². The molecule has 8 nitrogen and oxygen atoms in total. The van der Waals surface area contributed by atoms with Crippen LogP contribution in [0.5, 0.6) is 17.2 Å². The van der Waals surface area contributed by atoms with Crippen LogP contribution in [0, 0.1) is 0 Å². The molecule has 0 unspecified atom stereocenters. The summed E-state index contributed by atoms with van der Waals surface area (Å²) in [5.41, 5.74) is 0.797. The van der Waals surface area contributed by atoms with E-state index in [1.54, 1.807) is 13.2 Å². The Morgan fingerprint density at radius 2 is 2.08 bits per heavy atom. The maximum absolute atomic E-state index is 12.4. The summed E-state index contributed by atoms with van der Waals surface area (Å²) in [6.07, 6.45) is 0.131. The lowest BCUT2D eigenvalue weighted by Gasteiger charge is -2.33. The molecule has 1 saturated heterocycles. The SMILES string of the molecule is CCN1CCNC(=O)[C@@H]1CC(=O)NCc1cc2c(cc1OC)OCCO2. The van der Waals surface area contributed by atoms with Crippen LogP contribution in [-0.4, -0.2) is 62.7 Å². The number of amides is 2. The highest BCUT2D eigenvalue weighted by Crippen LogP contribution is 2.36. The summed E-state index contributed by atoms with van der Waals surface area (Å²) < 4.78 is 16.5. The third-order valence-electron chi connectivity index (χ3n) is 4.65. The first-order chi connectivity index (χ1) is 12.6. The zero-order valence-electron chi connectivity index (χ0n) is 15.2. The standard InChI is InChI=1S/C18H25N3O5/c1-3-21-5-4-19-18(23)13(21)9-17(22)20-11-12-8-15-16(10-14(12)24-2)26-7-6-25-15/h8,10,13H,3-7,9,11H2,1-2H3,(H,19,23)(H,20,22)/t13-/m0/s1. The van der Waals surface area contributed by atoms with E-state index in [1.165, 1.54) is 0 Å². The number of hydrogen-bond donors (Lipinski definition) is 2. The molecule has 2 aliphatic heterocycles. The molecule has 0 bridgehead atoms. The Kier molecular flexibility index (Phi) is 5.82. The highest BCUT2D eigenvalue weighted by Gasteiger charge is 2.30. The predicted molar refractivity (Wildman–Crippen MR) is 94.5 cm³/mol. The molecule has 1 atom stereocenters. The lowest BCUT2D eigenvalue weighted by Crippen LogP contribution is -2.56. The van der Waals surface area contributed by atoms with Gasteiger partial charge in [-0.3, -0.25) is 14.5 Å². The fraction of sp³-hybridized carbons (Fsp3) is 0.556. The van der Waals surface area contributed by atoms with E-state index < -0.39 is 6.04 Å². The van der Waals surface area contributed by atoms with Crippen LogP contribution in [0.2, 0.25) is 0 Å². The number of ether oxygens (including phenoxy) is 3. The molecular formula is C18H25N3O5. The third kappa shape index (κ3) is 4.01. The first kappa shape index (κ1) is 18.3. The number of fused-ring (bicyclic) bond motifs is 1. The average Bonchev–Trinajstić information content (AvgIpc) is 2.67. The van der Waals surface area contributed by atoms with E-state index in [2.05, 4.69) is 10.6 Å². The largest absolute Gasteiger partial charge is 0.496 e. The number of nitrogens with zero attached hydrogens (tertiary/aromatic N) is 1. The van der Waals surface area contributed by atoms with Gasteiger partial charge in [0.2, 0.25) is 11.8 Å². The van der Waals surface area contributed by atoms with Crippen molar-refractivity contribution in [2.45, 2.75) is 25.9 Å². The van der Waals surface area contributed by atoms with Crippen molar-refractivity contribution in [3.05, 3.63) is 17.7 Å². The second kappa shape index (κ2) is 8.27. The molecule has 3 rings (SSSR count). The van der Waals surface area contributed by atoms with Gasteiger partial charge in [0, 0.05) is 31.3 Å². The van der Waals surface area contributed by atoms with Crippen LogP contribution < -0.4 is 24.8 Å². The number of carbonyl (C=O) groups excluding carboxylic acids is 2. The molecule has 2 heterocycles. The quantitative estimate of drug-likeness (QED) is 0.755. The molecule has 0 aromatic heterocycles. The molecule has 142 valence electrons. The van der Waals surface area contributed by atoms with E-state index in [0.29, 0.717) is 43.6 Å². The van der Waals surface area contributed by atoms with Gasteiger partial charge in [0.05, 0.1) is 19.6 Å². The van der Waals surface area contributed by atoms with Crippen LogP contribution in [0.4, 0.5) is 0 Å². The summed E-state index contributed by atoms with van der Waals surface area (Å²) >= 11 is 0. The van der Waals surface area contributed by atoms with Crippen molar-refractivity contribution in [1.29, 1.82) is 0 Å². The van der Waals surface area contributed by atoms with Crippen molar-refractivity contribution in [3.8, 4) is 17.2 Å². The second-order valence-corrected chi connectivity index (χ2v) is 6.22. The van der Waals surface area contributed by atoms with Crippen molar-refractivity contribution in [2.75, 3.05) is 40.0 Å². The van der Waals surface area contributed by atoms with E-state index in [-0.39, 0.29) is 18.2 Å². The fourth-order valence-electron chi connectivity index (χ4n) is 3.24. The normalized spacial score (nSPS) is 19.6. The van der Waals surface area contributed by atoms with Crippen LogP contribution in [-0.2, 0) is 16.1 Å². The van der Waals surface area contributed by atoms with Crippen LogP contribution in [0.25, 0.3) is 0 Å². The van der Waals surface area contributed by atoms with Crippen LogP contribution >= 0.6 is 0 Å². The van der Waals surface area contributed by atoms with Gasteiger partial charge in [-0.15, -0.1) is 0 Å². The topological polar surface area (TPSA) is 89.1 Å². The number of rotatable bonds is 6. The molecule has 0 spiro atoms. The first-order valence-corrected chi connectivity index (χ1v) is 8.87. The molecule has 26 heavy (non-hydrogen) atoms. The highest BCUT2D eigenvalue weighted by molar-refractivity contribution is 5.88. The molecule has 1 fully saturated rings. The number of carbonyl (C=O) groups is 2. The summed E-state index contributed by atoms with van der Waals surface area (Å²) in [5.74, 6) is 1.64. The maximum atomic E-state index is 12.4. The Bertz CT molecular complexity index is 679. The lowest BCUT2D eigenvalue weighted by atomic mass is 10.1. The molecule has 2 aliphatic rings. The van der Waals surface area contributed by atoms with Crippen molar-refractivity contribution in [2.24, 2.45) is 0 Å². The molecule has 0 saturated carbocycles. The lowest BCUT2D eigenvalue weighted by molar-refractivity contribution is -0.133. The van der Waals surface area contributed by atoms with Gasteiger partial charge in [0.1, 0.15) is 19.0 Å². The van der Waals surface area contributed by atoms with Gasteiger partial charge in [-0.2, -0.15) is 0 Å². The Morgan fingerprint density at radius 3 is 2.77 bits per heavy atom. The molecular weight excluding hydrogens is 338 g/mol. The van der Waals surface area contributed by atoms with E-state index in [1.807, 2.05) is 17.9 Å². The summed E-state index contributed by atoms with van der Waals surface area (Å²) in [6, 6.07) is 3.17. The average molecular weight is 363 g/mol. The summed E-state index contributed by atoms with van der Waals surface area (Å²) in [7, 11) is 1.57. The molecule has 0 aliphatic carbocycles. The molecule has 1 aromatic carbocycles. The monoisotopic (exact) mass is 363 g/mol. The number of hydrogen-bond acceptors (Lipinski definition) is 6. The predicted octanol–water partition coefficient (Wildman–Crippen LogP) is 0.293. The zero-order valence-corrected chi connectivity index (χ0v) is 15.2. The Labute approximate surface area is 152 Å². The van der Waals surface area contributed by atoms with Gasteiger partial charge < -0.3 is 24.8 Å². The first-order valence-electron chi connectivity index (χ1n) is 8.87. The summed E-state index contributed by atoms with van der Waals surface area (Å²) in [6.45, 7) is 5.40. The Morgan fingerprint density at radius 1 is 1.35 bits per heavy atom. The minimum absolute atomic E-state index is 0.0924. The Hall–Kier alpha value is -2.48. The minimum atomic E-state index is -0.420. The van der Waals surface area contributed by atoms with Gasteiger partial charge in [0.25, 0.3) is 0 Å². The van der Waals surface area contributed by atoms with E-state index >= 15 is 0 Å². The van der Waals surface area contributed by atoms with Crippen LogP contribution in [0.1, 0.15) is 18.9 Å². The smallest absolute Gasteiger partial charge is 0.237 e. The molecule has 2 N–H and O–H groups in total. The molecule has 0 radical (unpaired) electrons. The molecule has 2 amide bonds. The molecule has 1 aromatic rings. The van der Waals surface area contributed by atoms with Gasteiger partial charge >= 0.3 is 0 Å². The highest BCUT2D eigenvalue weighted by atomic mass is 16.6. The number of nitrogens with one attached hydrogen (secondary N) is 2. The molecule has 8 heteroatoms. The minimum Gasteiger partial charge on any atom is -0.496 e. The number of methoxy groups -OCH3 is 1. The van der Waals surface area contributed by atoms with Gasteiger partial charge in [-0.25, -0.2) is 0 Å². The van der Waals surface area contributed by atoms with E-state index in [9.17, 15) is 9.59 Å². The zero-order chi connectivity index (χ0) is 18.5. The third-order valence-corrected chi connectivity index (χ3v) is 4.65. The van der Waals surface area contributed by atoms with Crippen LogP contribution in [0.3, 0.4) is 0 Å². The van der Waals surface area contributed by atoms with Gasteiger partial charge in [-0.05, 0) is 12.6 Å². The van der Waals surface area contributed by atoms with E-state index in [0.717, 1.165) is 18.7 Å². The maximum Gasteiger partial charge on any atom is 0.237 e. The second-order valence-electron chi connectivity index (χ2n) is 6.22. The van der Waals surface area contributed by atoms with Crippen molar-refractivity contribution in [3.63, 3.8) is 0 Å². The number of likely N-dealkylation sites (N-methyl/N-ethyl adjacent to an activating group) is 1. The van der Waals surface area contributed by atoms with Crippen molar-refractivity contribution >= 4 is 11.8 Å².